The number of halogens is 1. The lowest BCUT2D eigenvalue weighted by molar-refractivity contribution is 0.0930. The minimum Gasteiger partial charge on any atom is -0.397 e. The maximum atomic E-state index is 12.0. The summed E-state index contributed by atoms with van der Waals surface area (Å²) in [5.74, 6) is 0.364. The second-order valence-corrected chi connectivity index (χ2v) is 4.97. The molecule has 1 aliphatic carbocycles. The number of pyridine rings is 1. The molecule has 1 aromatic heterocycles. The Labute approximate surface area is 106 Å². The Morgan fingerprint density at radius 1 is 1.59 bits per heavy atom. The molecule has 5 heteroatoms. The minimum absolute atomic E-state index is 0.162. The topological polar surface area (TPSA) is 68.0 Å². The molecule has 1 fully saturated rings. The number of anilines is 1. The summed E-state index contributed by atoms with van der Waals surface area (Å²) in [6, 6.07) is 1.75. The molecule has 92 valence electrons. The molecule has 1 amide bonds. The largest absolute Gasteiger partial charge is 0.397 e. The van der Waals surface area contributed by atoms with E-state index in [-0.39, 0.29) is 17.1 Å². The smallest absolute Gasteiger partial charge is 0.253 e. The van der Waals surface area contributed by atoms with Gasteiger partial charge in [0.05, 0.1) is 17.4 Å². The molecule has 0 bridgehead atoms. The lowest BCUT2D eigenvalue weighted by Gasteiger charge is -2.17. The van der Waals surface area contributed by atoms with Gasteiger partial charge in [-0.05, 0) is 24.8 Å². The monoisotopic (exact) mass is 253 g/mol. The van der Waals surface area contributed by atoms with Crippen molar-refractivity contribution in [2.75, 3.05) is 5.73 Å². The van der Waals surface area contributed by atoms with Gasteiger partial charge in [0.15, 0.2) is 0 Å². The summed E-state index contributed by atoms with van der Waals surface area (Å²) in [4.78, 5) is 15.9. The van der Waals surface area contributed by atoms with Crippen LogP contribution in [0.5, 0.6) is 0 Å². The molecule has 0 aliphatic heterocycles. The lowest BCUT2D eigenvalue weighted by Crippen LogP contribution is -2.36. The number of carbonyl (C=O) groups is 1. The van der Waals surface area contributed by atoms with Crippen molar-refractivity contribution in [3.8, 4) is 0 Å². The summed E-state index contributed by atoms with van der Waals surface area (Å²) in [5.41, 5.74) is 6.48. The Kier molecular flexibility index (Phi) is 3.52. The highest BCUT2D eigenvalue weighted by molar-refractivity contribution is 6.29. The van der Waals surface area contributed by atoms with E-state index in [2.05, 4.69) is 17.2 Å². The van der Waals surface area contributed by atoms with Crippen LogP contribution in [0.2, 0.25) is 5.15 Å². The van der Waals surface area contributed by atoms with Crippen molar-refractivity contribution in [1.29, 1.82) is 0 Å². The van der Waals surface area contributed by atoms with E-state index in [4.69, 9.17) is 17.3 Å². The van der Waals surface area contributed by atoms with Gasteiger partial charge in [-0.25, -0.2) is 4.98 Å². The summed E-state index contributed by atoms with van der Waals surface area (Å²) in [6.07, 6.45) is 4.77. The summed E-state index contributed by atoms with van der Waals surface area (Å²) >= 11 is 5.76. The van der Waals surface area contributed by atoms with E-state index in [1.165, 1.54) is 18.7 Å². The number of amides is 1. The van der Waals surface area contributed by atoms with Crippen LogP contribution in [0.3, 0.4) is 0 Å². The van der Waals surface area contributed by atoms with Crippen LogP contribution in [0, 0.1) is 5.92 Å². The highest BCUT2D eigenvalue weighted by Gasteiger charge is 2.25. The van der Waals surface area contributed by atoms with E-state index in [1.54, 1.807) is 0 Å². The van der Waals surface area contributed by atoms with Crippen molar-refractivity contribution in [2.24, 2.45) is 5.92 Å². The molecule has 3 N–H and O–H groups in total. The first-order chi connectivity index (χ1) is 8.08. The third-order valence-corrected chi connectivity index (χ3v) is 3.53. The highest BCUT2D eigenvalue weighted by atomic mass is 35.5. The quantitative estimate of drug-likeness (QED) is 0.795. The van der Waals surface area contributed by atoms with Gasteiger partial charge in [0, 0.05) is 6.04 Å². The van der Waals surface area contributed by atoms with Crippen LogP contribution >= 0.6 is 11.6 Å². The lowest BCUT2D eigenvalue weighted by atomic mass is 10.1. The van der Waals surface area contributed by atoms with Gasteiger partial charge in [-0.3, -0.25) is 4.79 Å². The molecule has 2 atom stereocenters. The average Bonchev–Trinajstić information content (AvgIpc) is 2.68. The summed E-state index contributed by atoms with van der Waals surface area (Å²) < 4.78 is 0. The van der Waals surface area contributed by atoms with Gasteiger partial charge < -0.3 is 11.1 Å². The first-order valence-electron chi connectivity index (χ1n) is 5.80. The normalized spacial score (nSPS) is 23.6. The van der Waals surface area contributed by atoms with Crippen LogP contribution in [0.4, 0.5) is 5.69 Å². The van der Waals surface area contributed by atoms with Crippen LogP contribution in [0.1, 0.15) is 36.5 Å². The molecule has 1 saturated carbocycles. The second-order valence-electron chi connectivity index (χ2n) is 4.58. The Balaban J connectivity index is 2.11. The number of hydrogen-bond donors (Lipinski definition) is 2. The predicted molar refractivity (Wildman–Crippen MR) is 67.9 cm³/mol. The van der Waals surface area contributed by atoms with Crippen molar-refractivity contribution in [1.82, 2.24) is 10.3 Å². The van der Waals surface area contributed by atoms with E-state index in [9.17, 15) is 4.79 Å². The van der Waals surface area contributed by atoms with Crippen LogP contribution in [0.15, 0.2) is 12.3 Å². The zero-order chi connectivity index (χ0) is 12.4. The fraction of sp³-hybridized carbons (Fsp3) is 0.500. The van der Waals surface area contributed by atoms with Crippen LogP contribution < -0.4 is 11.1 Å². The molecule has 17 heavy (non-hydrogen) atoms. The zero-order valence-corrected chi connectivity index (χ0v) is 10.5. The number of hydrogen-bond acceptors (Lipinski definition) is 3. The first-order valence-corrected chi connectivity index (χ1v) is 6.17. The number of carbonyl (C=O) groups excluding carboxylic acids is 1. The second kappa shape index (κ2) is 4.92. The van der Waals surface area contributed by atoms with Gasteiger partial charge in [0.25, 0.3) is 5.91 Å². The molecular formula is C12H16ClN3O. The number of nitrogens with two attached hydrogens (primary N) is 1. The molecule has 1 heterocycles. The minimum atomic E-state index is -0.162. The Morgan fingerprint density at radius 3 is 3.00 bits per heavy atom. The van der Waals surface area contributed by atoms with Gasteiger partial charge in [0.2, 0.25) is 0 Å². The van der Waals surface area contributed by atoms with Crippen molar-refractivity contribution in [3.63, 3.8) is 0 Å². The maximum Gasteiger partial charge on any atom is 0.253 e. The van der Waals surface area contributed by atoms with Gasteiger partial charge >= 0.3 is 0 Å². The molecule has 0 radical (unpaired) electrons. The summed E-state index contributed by atoms with van der Waals surface area (Å²) in [5, 5.41) is 3.29. The number of aromatic nitrogens is 1. The van der Waals surface area contributed by atoms with E-state index >= 15 is 0 Å². The summed E-state index contributed by atoms with van der Waals surface area (Å²) in [7, 11) is 0. The fourth-order valence-electron chi connectivity index (χ4n) is 2.24. The molecule has 2 unspecified atom stereocenters. The number of nitrogens with zero attached hydrogens (tertiary/aromatic N) is 1. The third kappa shape index (κ3) is 2.69. The predicted octanol–water partition coefficient (Wildman–Crippen LogP) is 2.24. The van der Waals surface area contributed by atoms with Gasteiger partial charge in [-0.15, -0.1) is 0 Å². The van der Waals surface area contributed by atoms with Crippen molar-refractivity contribution in [3.05, 3.63) is 23.0 Å². The maximum absolute atomic E-state index is 12.0. The van der Waals surface area contributed by atoms with E-state index < -0.39 is 0 Å². The molecule has 0 spiro atoms. The standard InChI is InChI=1S/C12H16ClN3O/c1-7-3-2-4-10(7)16-12(17)8-5-11(13)15-6-9(8)14/h5-7,10H,2-4,14H2,1H3,(H,16,17). The SMILES string of the molecule is CC1CCCC1NC(=O)c1cc(Cl)ncc1N. The van der Waals surface area contributed by atoms with Gasteiger partial charge in [0.1, 0.15) is 5.15 Å². The average molecular weight is 254 g/mol. The number of rotatable bonds is 2. The first kappa shape index (κ1) is 12.2. The third-order valence-electron chi connectivity index (χ3n) is 3.32. The summed E-state index contributed by atoms with van der Waals surface area (Å²) in [6.45, 7) is 2.15. The Bertz CT molecular complexity index is 436. The molecule has 1 aliphatic rings. The molecule has 0 aromatic carbocycles. The number of nitrogens with one attached hydrogen (secondary N) is 1. The molecular weight excluding hydrogens is 238 g/mol. The van der Waals surface area contributed by atoms with Gasteiger partial charge in [-0.1, -0.05) is 24.9 Å². The van der Waals surface area contributed by atoms with Crippen LogP contribution in [0.25, 0.3) is 0 Å². The molecule has 1 aromatic rings. The highest BCUT2D eigenvalue weighted by Crippen LogP contribution is 2.25. The Hall–Kier alpha value is -1.29. The molecule has 0 saturated heterocycles. The van der Waals surface area contributed by atoms with E-state index in [0.29, 0.717) is 17.2 Å². The van der Waals surface area contributed by atoms with E-state index in [0.717, 1.165) is 12.8 Å². The van der Waals surface area contributed by atoms with E-state index in [1.807, 2.05) is 0 Å². The Morgan fingerprint density at radius 2 is 2.35 bits per heavy atom. The van der Waals surface area contributed by atoms with Crippen LogP contribution in [-0.4, -0.2) is 16.9 Å². The van der Waals surface area contributed by atoms with Crippen molar-refractivity contribution >= 4 is 23.2 Å². The van der Waals surface area contributed by atoms with Gasteiger partial charge in [-0.2, -0.15) is 0 Å². The van der Waals surface area contributed by atoms with Crippen LogP contribution in [-0.2, 0) is 0 Å². The zero-order valence-electron chi connectivity index (χ0n) is 9.74. The fourth-order valence-corrected chi connectivity index (χ4v) is 2.40. The molecule has 2 rings (SSSR count). The van der Waals surface area contributed by atoms with Crippen molar-refractivity contribution < 1.29 is 4.79 Å². The number of nitrogen functional groups attached to an aromatic ring is 1. The molecule has 4 nitrogen and oxygen atoms in total. The van der Waals surface area contributed by atoms with Crippen molar-refractivity contribution in [2.45, 2.75) is 32.2 Å².